The molecule has 2 unspecified atom stereocenters. The molecule has 186 valence electrons. The summed E-state index contributed by atoms with van der Waals surface area (Å²) < 4.78 is 16.0. The van der Waals surface area contributed by atoms with Gasteiger partial charge in [-0.15, -0.1) is 0 Å². The number of nitrogens with zero attached hydrogens (tertiary/aromatic N) is 2. The van der Waals surface area contributed by atoms with Crippen LogP contribution in [0.15, 0.2) is 60.7 Å². The molecule has 11 nitrogen and oxygen atoms in total. The van der Waals surface area contributed by atoms with Crippen molar-refractivity contribution in [1.82, 2.24) is 9.90 Å². The molecule has 1 N–H and O–H groups in total. The number of ether oxygens (including phenoxy) is 3. The van der Waals surface area contributed by atoms with E-state index in [0.717, 1.165) is 0 Å². The largest absolute Gasteiger partial charge is 0.448 e. The maximum Gasteiger partial charge on any atom is 0.422 e. The first-order chi connectivity index (χ1) is 17.3. The number of hydroxylamine groups is 2. The fourth-order valence-corrected chi connectivity index (χ4v) is 3.95. The number of benzene rings is 2. The van der Waals surface area contributed by atoms with Gasteiger partial charge >= 0.3 is 35.2 Å². The van der Waals surface area contributed by atoms with Crippen molar-refractivity contribution in [3.63, 3.8) is 0 Å². The second kappa shape index (κ2) is 10.2. The summed E-state index contributed by atoms with van der Waals surface area (Å²) in [5, 5.41) is 0.549. The molecule has 0 radical (unpaired) electrons. The fraction of sp³-hybridized carbons (Fsp3) is 0.292. The zero-order valence-electron chi connectivity index (χ0n) is 18.7. The monoisotopic (exact) mass is 513 g/mol. The molecule has 2 aromatic carbocycles. The summed E-state index contributed by atoms with van der Waals surface area (Å²) in [6.45, 7) is 6.25. The topological polar surface area (TPSA) is 125 Å². The van der Waals surface area contributed by atoms with Crippen molar-refractivity contribution >= 4 is 35.7 Å². The van der Waals surface area contributed by atoms with Crippen molar-refractivity contribution in [2.45, 2.75) is 30.2 Å². The van der Waals surface area contributed by atoms with Crippen molar-refractivity contribution in [2.24, 2.45) is 0 Å². The van der Waals surface area contributed by atoms with E-state index in [2.05, 4.69) is 4.85 Å². The number of rotatable bonds is 7. The summed E-state index contributed by atoms with van der Waals surface area (Å²) in [5.41, 5.74) is -3.00. The highest BCUT2D eigenvalue weighted by atomic mass is 35.5. The van der Waals surface area contributed by atoms with Gasteiger partial charge in [0.05, 0.1) is 6.42 Å². The zero-order valence-corrected chi connectivity index (χ0v) is 19.5. The van der Waals surface area contributed by atoms with Gasteiger partial charge in [0, 0.05) is 18.2 Å². The van der Waals surface area contributed by atoms with Gasteiger partial charge in [0.15, 0.2) is 19.3 Å². The normalized spacial score (nSPS) is 23.2. The highest BCUT2D eigenvalue weighted by Gasteiger charge is 2.67. The van der Waals surface area contributed by atoms with Gasteiger partial charge in [0.1, 0.15) is 0 Å². The van der Waals surface area contributed by atoms with Gasteiger partial charge < -0.3 is 14.2 Å². The molecule has 2 fully saturated rings. The molecular weight excluding hydrogens is 494 g/mol. The summed E-state index contributed by atoms with van der Waals surface area (Å²) >= 11 is 5.18. The molecule has 2 aromatic rings. The minimum atomic E-state index is -2.27. The lowest BCUT2D eigenvalue weighted by Gasteiger charge is -2.33. The van der Waals surface area contributed by atoms with Gasteiger partial charge in [-0.25, -0.2) is 21.0 Å². The number of carbonyl (C=O) groups excluding carboxylic acids is 4. The van der Waals surface area contributed by atoms with Gasteiger partial charge in [0.2, 0.25) is 0 Å². The van der Waals surface area contributed by atoms with Crippen LogP contribution in [-0.4, -0.2) is 53.5 Å². The third kappa shape index (κ3) is 4.56. The van der Waals surface area contributed by atoms with Crippen molar-refractivity contribution in [2.75, 3.05) is 13.2 Å². The van der Waals surface area contributed by atoms with Crippen LogP contribution in [0.4, 0.5) is 4.79 Å². The van der Waals surface area contributed by atoms with Crippen molar-refractivity contribution in [3.8, 4) is 0 Å². The average Bonchev–Trinajstić information content (AvgIpc) is 3.47. The molecule has 0 spiro atoms. The molecule has 2 heterocycles. The Bertz CT molecular complexity index is 1170. The summed E-state index contributed by atoms with van der Waals surface area (Å²) in [7, 11) is 0. The zero-order chi connectivity index (χ0) is 25.8. The Morgan fingerprint density at radius 1 is 1.11 bits per heavy atom. The first-order valence-corrected chi connectivity index (χ1v) is 11.2. The first-order valence-electron chi connectivity index (χ1n) is 10.8. The standard InChI is InChI=1S/C24H20ClN3O8/c1-26-23(14-33-22(32)27-25)15-34-28(20(23)30)24(13-12-18(29)36-24)21(31)35-19(16-8-4-2-5-9-16)17-10-6-3-7-11-17/h2-11,19H,12-15H2,(H,27,32). The van der Waals surface area contributed by atoms with Gasteiger partial charge in [-0.3, -0.25) is 19.3 Å². The molecule has 2 aliphatic rings. The number of halogens is 1. The van der Waals surface area contributed by atoms with Crippen LogP contribution in [0, 0.1) is 6.57 Å². The van der Waals surface area contributed by atoms with E-state index < -0.39 is 54.5 Å². The van der Waals surface area contributed by atoms with E-state index in [1.54, 1.807) is 65.5 Å². The quantitative estimate of drug-likeness (QED) is 0.259. The lowest BCUT2D eigenvalue weighted by atomic mass is 10.00. The Hall–Kier alpha value is -4.14. The maximum absolute atomic E-state index is 13.7. The maximum atomic E-state index is 13.7. The third-order valence-corrected chi connectivity index (χ3v) is 5.93. The number of amides is 2. The molecule has 2 amide bonds. The highest BCUT2D eigenvalue weighted by molar-refractivity contribution is 6.20. The third-order valence-electron chi connectivity index (χ3n) is 5.78. The number of hydrogen-bond donors (Lipinski definition) is 1. The van der Waals surface area contributed by atoms with Crippen molar-refractivity contribution < 1.29 is 38.2 Å². The summed E-state index contributed by atoms with van der Waals surface area (Å²) in [5.74, 6) is -2.83. The van der Waals surface area contributed by atoms with Crippen molar-refractivity contribution in [1.29, 1.82) is 0 Å². The smallest absolute Gasteiger partial charge is 0.422 e. The minimum Gasteiger partial charge on any atom is -0.448 e. The van der Waals surface area contributed by atoms with E-state index in [9.17, 15) is 19.2 Å². The lowest BCUT2D eigenvalue weighted by Crippen LogP contribution is -2.58. The number of carbonyl (C=O) groups is 4. The van der Waals surface area contributed by atoms with Crippen LogP contribution in [-0.2, 0) is 33.4 Å². The van der Waals surface area contributed by atoms with E-state index in [0.29, 0.717) is 16.2 Å². The van der Waals surface area contributed by atoms with Gasteiger partial charge in [-0.2, -0.15) is 5.06 Å². The predicted molar refractivity (Wildman–Crippen MR) is 121 cm³/mol. The Morgan fingerprint density at radius 3 is 2.22 bits per heavy atom. The Kier molecular flexibility index (Phi) is 7.10. The molecule has 0 aromatic heterocycles. The summed E-state index contributed by atoms with van der Waals surface area (Å²) in [6, 6.07) is 17.8. The molecule has 2 aliphatic heterocycles. The van der Waals surface area contributed by atoms with E-state index in [1.165, 1.54) is 0 Å². The molecule has 12 heteroatoms. The van der Waals surface area contributed by atoms with Gasteiger partial charge in [-0.1, -0.05) is 60.7 Å². The van der Waals surface area contributed by atoms with Gasteiger partial charge in [-0.05, 0) is 11.1 Å². The number of cyclic esters (lactones) is 1. The molecule has 2 atom stereocenters. The van der Waals surface area contributed by atoms with Crippen LogP contribution >= 0.6 is 11.8 Å². The number of hydrogen-bond acceptors (Lipinski definition) is 8. The Morgan fingerprint density at radius 2 is 1.72 bits per heavy atom. The van der Waals surface area contributed by atoms with E-state index in [-0.39, 0.29) is 12.8 Å². The van der Waals surface area contributed by atoms with Crippen LogP contribution < -0.4 is 4.84 Å². The van der Waals surface area contributed by atoms with Crippen LogP contribution in [0.2, 0.25) is 0 Å². The van der Waals surface area contributed by atoms with Crippen LogP contribution in [0.3, 0.4) is 0 Å². The van der Waals surface area contributed by atoms with Gasteiger partial charge in [0.25, 0.3) is 0 Å². The van der Waals surface area contributed by atoms with E-state index in [4.69, 9.17) is 37.4 Å². The summed E-state index contributed by atoms with van der Waals surface area (Å²) in [4.78, 5) is 61.0. The van der Waals surface area contributed by atoms with Crippen molar-refractivity contribution in [3.05, 3.63) is 83.2 Å². The average molecular weight is 514 g/mol. The SMILES string of the molecule is [C-]#[N+]C1(COC(=O)NCl)CON(C2(C(=O)OC(c3ccccc3)c3ccccc3)CCC(=O)O2)C1=O. The molecule has 0 saturated carbocycles. The number of nitrogens with one attached hydrogen (secondary N) is 1. The van der Waals surface area contributed by atoms with Crippen LogP contribution in [0.25, 0.3) is 4.85 Å². The molecule has 0 aliphatic carbocycles. The predicted octanol–water partition coefficient (Wildman–Crippen LogP) is 2.66. The molecule has 0 bridgehead atoms. The molecule has 36 heavy (non-hydrogen) atoms. The Labute approximate surface area is 210 Å². The highest BCUT2D eigenvalue weighted by Crippen LogP contribution is 2.40. The fourth-order valence-electron chi connectivity index (χ4n) is 3.89. The van der Waals surface area contributed by atoms with Crippen LogP contribution in [0.5, 0.6) is 0 Å². The summed E-state index contributed by atoms with van der Waals surface area (Å²) in [6.07, 6.45) is -2.43. The second-order valence-corrected chi connectivity index (χ2v) is 8.24. The number of esters is 2. The van der Waals surface area contributed by atoms with E-state index in [1.807, 2.05) is 0 Å². The molecule has 2 saturated heterocycles. The van der Waals surface area contributed by atoms with E-state index >= 15 is 0 Å². The van der Waals surface area contributed by atoms with Crippen LogP contribution in [0.1, 0.15) is 30.1 Å². The second-order valence-electron chi connectivity index (χ2n) is 8.05. The first kappa shape index (κ1) is 25.0. The minimum absolute atomic E-state index is 0.195. The lowest BCUT2D eigenvalue weighted by molar-refractivity contribution is -0.260. The molecule has 4 rings (SSSR count). The Balaban J connectivity index is 1.66. The molecular formula is C24H20ClN3O8.